The van der Waals surface area contributed by atoms with Gasteiger partial charge in [0, 0.05) is 6.07 Å². The molecule has 0 amide bonds. The van der Waals surface area contributed by atoms with Crippen LogP contribution in [0.15, 0.2) is 12.1 Å². The summed E-state index contributed by atoms with van der Waals surface area (Å²) in [6.07, 6.45) is 0.291. The van der Waals surface area contributed by atoms with Crippen LogP contribution in [0.1, 0.15) is 23.7 Å². The number of ketones is 1. The monoisotopic (exact) mass is 236 g/mol. The van der Waals surface area contributed by atoms with Gasteiger partial charge in [0.15, 0.2) is 17.4 Å². The molecule has 0 aliphatic carbocycles. The lowest BCUT2D eigenvalue weighted by Gasteiger charge is -2.06. The number of carbonyl (C=O) groups excluding carboxylic acids is 1. The number of alkyl halides is 1. The largest absolute Gasteiger partial charge is 0.292 e. The van der Waals surface area contributed by atoms with Crippen molar-refractivity contribution in [1.82, 2.24) is 0 Å². The van der Waals surface area contributed by atoms with E-state index in [2.05, 4.69) is 0 Å². The number of Topliss-reactive ketones (excluding diaryl/α,β-unsaturated/α-hetero) is 1. The minimum atomic E-state index is -1.33. The van der Waals surface area contributed by atoms with Gasteiger partial charge in [0.2, 0.25) is 0 Å². The molecule has 1 atom stereocenters. The van der Waals surface area contributed by atoms with Crippen LogP contribution in [0.3, 0.4) is 0 Å². The van der Waals surface area contributed by atoms with Crippen molar-refractivity contribution in [3.8, 4) is 0 Å². The molecule has 0 spiro atoms. The van der Waals surface area contributed by atoms with Crippen molar-refractivity contribution in [2.75, 3.05) is 0 Å². The zero-order valence-electron chi connectivity index (χ0n) is 7.86. The minimum Gasteiger partial charge on any atom is -0.292 e. The maximum atomic E-state index is 13.1. The van der Waals surface area contributed by atoms with Crippen molar-refractivity contribution in [2.24, 2.45) is 0 Å². The molecule has 0 heterocycles. The first-order chi connectivity index (χ1) is 6.97. The van der Waals surface area contributed by atoms with Crippen LogP contribution in [0.4, 0.5) is 13.2 Å². The van der Waals surface area contributed by atoms with E-state index in [1.54, 1.807) is 6.92 Å². The number of rotatable bonds is 3. The average molecular weight is 237 g/mol. The second-order valence-corrected chi connectivity index (χ2v) is 3.51. The number of carbonyl (C=O) groups is 1. The molecule has 0 radical (unpaired) electrons. The molecule has 0 aliphatic heterocycles. The van der Waals surface area contributed by atoms with E-state index >= 15 is 0 Å². The van der Waals surface area contributed by atoms with Gasteiger partial charge in [0.05, 0.1) is 10.9 Å². The fraction of sp³-hybridized carbons (Fsp3) is 0.300. The van der Waals surface area contributed by atoms with Crippen LogP contribution in [-0.2, 0) is 0 Å². The summed E-state index contributed by atoms with van der Waals surface area (Å²) in [6, 6.07) is 0.861. The third-order valence-electron chi connectivity index (χ3n) is 1.92. The number of hydrogen-bond donors (Lipinski definition) is 0. The van der Waals surface area contributed by atoms with Gasteiger partial charge < -0.3 is 0 Å². The topological polar surface area (TPSA) is 17.1 Å². The fourth-order valence-electron chi connectivity index (χ4n) is 1.07. The van der Waals surface area contributed by atoms with Crippen LogP contribution in [0, 0.1) is 17.5 Å². The molecule has 0 N–H and O–H groups in total. The summed E-state index contributed by atoms with van der Waals surface area (Å²) in [4.78, 5) is 11.4. The quantitative estimate of drug-likeness (QED) is 0.447. The highest BCUT2D eigenvalue weighted by Gasteiger charge is 2.21. The van der Waals surface area contributed by atoms with Crippen LogP contribution < -0.4 is 0 Å². The summed E-state index contributed by atoms with van der Waals surface area (Å²) in [6.45, 7) is 1.63. The number of halogens is 4. The zero-order chi connectivity index (χ0) is 11.6. The van der Waals surface area contributed by atoms with E-state index in [1.807, 2.05) is 0 Å². The molecule has 15 heavy (non-hydrogen) atoms. The van der Waals surface area contributed by atoms with E-state index in [0.29, 0.717) is 18.6 Å². The van der Waals surface area contributed by atoms with Gasteiger partial charge in [-0.1, -0.05) is 6.92 Å². The molecule has 1 nitrogen and oxygen atoms in total. The first-order valence-corrected chi connectivity index (χ1v) is 4.73. The highest BCUT2D eigenvalue weighted by atomic mass is 35.5. The Morgan fingerprint density at radius 2 is 1.80 bits per heavy atom. The van der Waals surface area contributed by atoms with Crippen molar-refractivity contribution >= 4 is 17.4 Å². The van der Waals surface area contributed by atoms with Crippen molar-refractivity contribution in [2.45, 2.75) is 18.7 Å². The fourth-order valence-corrected chi connectivity index (χ4v) is 1.18. The van der Waals surface area contributed by atoms with Gasteiger partial charge in [-0.15, -0.1) is 11.6 Å². The summed E-state index contributed by atoms with van der Waals surface area (Å²) in [7, 11) is 0. The molecule has 82 valence electrons. The smallest absolute Gasteiger partial charge is 0.183 e. The predicted molar refractivity (Wildman–Crippen MR) is 50.6 cm³/mol. The molecule has 0 saturated heterocycles. The van der Waals surface area contributed by atoms with Crippen LogP contribution in [0.2, 0.25) is 0 Å². The molecule has 0 fully saturated rings. The van der Waals surface area contributed by atoms with Gasteiger partial charge in [0.1, 0.15) is 5.82 Å². The maximum absolute atomic E-state index is 13.1. The number of hydrogen-bond acceptors (Lipinski definition) is 1. The molecule has 0 aromatic heterocycles. The first kappa shape index (κ1) is 12.0. The minimum absolute atomic E-state index is 0.291. The molecule has 0 bridgehead atoms. The van der Waals surface area contributed by atoms with Gasteiger partial charge in [-0.05, 0) is 12.5 Å². The van der Waals surface area contributed by atoms with E-state index in [4.69, 9.17) is 11.6 Å². The van der Waals surface area contributed by atoms with Crippen LogP contribution in [0.25, 0.3) is 0 Å². The Labute approximate surface area is 89.9 Å². The molecule has 5 heteroatoms. The zero-order valence-corrected chi connectivity index (χ0v) is 8.62. The van der Waals surface area contributed by atoms with Crippen molar-refractivity contribution in [1.29, 1.82) is 0 Å². The van der Waals surface area contributed by atoms with E-state index < -0.39 is 34.2 Å². The lowest BCUT2D eigenvalue weighted by atomic mass is 10.1. The molecule has 1 aromatic carbocycles. The van der Waals surface area contributed by atoms with Gasteiger partial charge in [0.25, 0.3) is 0 Å². The van der Waals surface area contributed by atoms with Crippen molar-refractivity contribution < 1.29 is 18.0 Å². The SMILES string of the molecule is CCC(Cl)C(=O)c1cc(F)c(F)cc1F. The standard InChI is InChI=1S/C10H8ClF3O/c1-2-6(11)10(15)5-3-8(13)9(14)4-7(5)12/h3-4,6H,2H2,1H3. The summed E-state index contributed by atoms with van der Waals surface area (Å²) in [5.74, 6) is -4.43. The molecule has 0 aliphatic rings. The molecule has 0 saturated carbocycles. The van der Waals surface area contributed by atoms with E-state index in [-0.39, 0.29) is 0 Å². The summed E-state index contributed by atoms with van der Waals surface area (Å²) in [5.41, 5.74) is -0.518. The van der Waals surface area contributed by atoms with Crippen LogP contribution in [0.5, 0.6) is 0 Å². The van der Waals surface area contributed by atoms with Crippen molar-refractivity contribution in [3.63, 3.8) is 0 Å². The Hall–Kier alpha value is -1.03. The maximum Gasteiger partial charge on any atom is 0.183 e. The summed E-state index contributed by atoms with van der Waals surface area (Å²) >= 11 is 5.58. The lowest BCUT2D eigenvalue weighted by Crippen LogP contribution is -2.15. The highest BCUT2D eigenvalue weighted by Crippen LogP contribution is 2.18. The van der Waals surface area contributed by atoms with Gasteiger partial charge in [-0.2, -0.15) is 0 Å². The molecule has 1 aromatic rings. The number of benzene rings is 1. The lowest BCUT2D eigenvalue weighted by molar-refractivity contribution is 0.0981. The normalized spacial score (nSPS) is 12.6. The van der Waals surface area contributed by atoms with Crippen molar-refractivity contribution in [3.05, 3.63) is 35.1 Å². The second kappa shape index (κ2) is 4.66. The summed E-state index contributed by atoms with van der Waals surface area (Å²) in [5, 5.41) is -0.927. The van der Waals surface area contributed by atoms with E-state index in [0.717, 1.165) is 0 Å². The molecule has 1 rings (SSSR count). The van der Waals surface area contributed by atoms with Crippen LogP contribution >= 0.6 is 11.6 Å². The second-order valence-electron chi connectivity index (χ2n) is 2.99. The Balaban J connectivity index is 3.15. The third-order valence-corrected chi connectivity index (χ3v) is 2.43. The first-order valence-electron chi connectivity index (χ1n) is 4.30. The van der Waals surface area contributed by atoms with Crippen LogP contribution in [-0.4, -0.2) is 11.2 Å². The van der Waals surface area contributed by atoms with E-state index in [1.165, 1.54) is 0 Å². The Bertz CT molecular complexity index is 392. The highest BCUT2D eigenvalue weighted by molar-refractivity contribution is 6.33. The van der Waals surface area contributed by atoms with Gasteiger partial charge in [-0.25, -0.2) is 13.2 Å². The molecule has 1 unspecified atom stereocenters. The molecular weight excluding hydrogens is 229 g/mol. The van der Waals surface area contributed by atoms with Gasteiger partial charge >= 0.3 is 0 Å². The Kier molecular flexibility index (Phi) is 3.74. The predicted octanol–water partition coefficient (Wildman–Crippen LogP) is 3.30. The average Bonchev–Trinajstić information content (AvgIpc) is 2.21. The Morgan fingerprint density at radius 3 is 2.33 bits per heavy atom. The van der Waals surface area contributed by atoms with E-state index in [9.17, 15) is 18.0 Å². The molecular formula is C10H8ClF3O. The Morgan fingerprint density at radius 1 is 1.27 bits per heavy atom. The summed E-state index contributed by atoms with van der Waals surface area (Å²) < 4.78 is 38.4. The van der Waals surface area contributed by atoms with Gasteiger partial charge in [-0.3, -0.25) is 4.79 Å². The third kappa shape index (κ3) is 2.50.